The van der Waals surface area contributed by atoms with Crippen LogP contribution in [0.5, 0.6) is 5.75 Å². The lowest BCUT2D eigenvalue weighted by atomic mass is 10.2. The fourth-order valence-electron chi connectivity index (χ4n) is 1.41. The zero-order valence-corrected chi connectivity index (χ0v) is 11.0. The van der Waals surface area contributed by atoms with Gasteiger partial charge in [-0.2, -0.15) is 0 Å². The largest absolute Gasteiger partial charge is 0.484 e. The Hall–Kier alpha value is -1.99. The Morgan fingerprint density at radius 2 is 2.37 bits per heavy atom. The Labute approximate surface area is 113 Å². The number of carbonyl (C=O) groups excluding carboxylic acids is 1. The molecule has 5 nitrogen and oxygen atoms in total. The van der Waals surface area contributed by atoms with E-state index >= 15 is 0 Å². The van der Waals surface area contributed by atoms with Crippen molar-refractivity contribution in [1.82, 2.24) is 10.4 Å². The number of amides is 1. The SMILES string of the molecule is Cc1ccc(F)c(OCc2csc(C(=O)NN)n2)c1. The van der Waals surface area contributed by atoms with Gasteiger partial charge in [0.05, 0.1) is 5.69 Å². The summed E-state index contributed by atoms with van der Waals surface area (Å²) in [6.07, 6.45) is 0. The number of aryl methyl sites for hydroxylation is 1. The molecule has 3 N–H and O–H groups in total. The highest BCUT2D eigenvalue weighted by Gasteiger charge is 2.10. The summed E-state index contributed by atoms with van der Waals surface area (Å²) in [6.45, 7) is 1.94. The Bertz CT molecular complexity index is 600. The maximum atomic E-state index is 13.4. The first-order valence-corrected chi connectivity index (χ1v) is 6.32. The van der Waals surface area contributed by atoms with E-state index in [1.54, 1.807) is 17.5 Å². The zero-order valence-electron chi connectivity index (χ0n) is 10.1. The predicted octanol–water partition coefficient (Wildman–Crippen LogP) is 1.77. The smallest absolute Gasteiger partial charge is 0.294 e. The van der Waals surface area contributed by atoms with Crippen molar-refractivity contribution in [1.29, 1.82) is 0 Å². The normalized spacial score (nSPS) is 10.3. The number of nitrogens with one attached hydrogen (secondary N) is 1. The van der Waals surface area contributed by atoms with Gasteiger partial charge in [-0.1, -0.05) is 6.07 Å². The zero-order chi connectivity index (χ0) is 13.8. The average Bonchev–Trinajstić information content (AvgIpc) is 2.88. The fraction of sp³-hybridized carbons (Fsp3) is 0.167. The summed E-state index contributed by atoms with van der Waals surface area (Å²) in [6, 6.07) is 4.61. The molecule has 0 bridgehead atoms. The van der Waals surface area contributed by atoms with Crippen molar-refractivity contribution < 1.29 is 13.9 Å². The van der Waals surface area contributed by atoms with Gasteiger partial charge >= 0.3 is 0 Å². The van der Waals surface area contributed by atoms with Crippen LogP contribution in [0.25, 0.3) is 0 Å². The summed E-state index contributed by atoms with van der Waals surface area (Å²) < 4.78 is 18.8. The first kappa shape index (κ1) is 13.4. The summed E-state index contributed by atoms with van der Waals surface area (Å²) in [4.78, 5) is 15.2. The van der Waals surface area contributed by atoms with Crippen LogP contribution < -0.4 is 16.0 Å². The number of halogens is 1. The predicted molar refractivity (Wildman–Crippen MR) is 69.2 cm³/mol. The summed E-state index contributed by atoms with van der Waals surface area (Å²) in [5.41, 5.74) is 3.44. The van der Waals surface area contributed by atoms with Crippen molar-refractivity contribution in [3.05, 3.63) is 45.7 Å². The lowest BCUT2D eigenvalue weighted by molar-refractivity contribution is 0.0953. The van der Waals surface area contributed by atoms with E-state index in [0.717, 1.165) is 16.9 Å². The summed E-state index contributed by atoms with van der Waals surface area (Å²) >= 11 is 1.15. The highest BCUT2D eigenvalue weighted by atomic mass is 32.1. The Morgan fingerprint density at radius 3 is 3.11 bits per heavy atom. The minimum atomic E-state index is -0.460. The lowest BCUT2D eigenvalue weighted by Crippen LogP contribution is -2.29. The van der Waals surface area contributed by atoms with Crippen molar-refractivity contribution in [2.75, 3.05) is 0 Å². The van der Waals surface area contributed by atoms with E-state index in [1.165, 1.54) is 6.07 Å². The molecule has 1 heterocycles. The van der Waals surface area contributed by atoms with Gasteiger partial charge < -0.3 is 4.74 Å². The Morgan fingerprint density at radius 1 is 1.58 bits per heavy atom. The molecule has 1 aromatic carbocycles. The van der Waals surface area contributed by atoms with Crippen LogP contribution in [-0.4, -0.2) is 10.9 Å². The maximum Gasteiger partial charge on any atom is 0.294 e. The number of nitrogens with two attached hydrogens (primary N) is 1. The van der Waals surface area contributed by atoms with Crippen molar-refractivity contribution in [2.45, 2.75) is 13.5 Å². The van der Waals surface area contributed by atoms with Crippen LogP contribution in [0.1, 0.15) is 21.1 Å². The molecule has 0 radical (unpaired) electrons. The van der Waals surface area contributed by atoms with Gasteiger partial charge in [-0.15, -0.1) is 11.3 Å². The molecule has 0 fully saturated rings. The topological polar surface area (TPSA) is 77.2 Å². The van der Waals surface area contributed by atoms with Gasteiger partial charge in [0.25, 0.3) is 5.91 Å². The van der Waals surface area contributed by atoms with Crippen LogP contribution in [0.3, 0.4) is 0 Å². The molecule has 0 aliphatic heterocycles. The van der Waals surface area contributed by atoms with Crippen molar-refractivity contribution in [3.63, 3.8) is 0 Å². The second kappa shape index (κ2) is 5.77. The number of ether oxygens (including phenoxy) is 1. The molecule has 0 spiro atoms. The van der Waals surface area contributed by atoms with Crippen molar-refractivity contribution >= 4 is 17.2 Å². The molecule has 0 aliphatic rings. The highest BCUT2D eigenvalue weighted by molar-refractivity contribution is 7.11. The summed E-state index contributed by atoms with van der Waals surface area (Å²) in [5, 5.41) is 1.91. The molecule has 0 saturated carbocycles. The molecule has 0 saturated heterocycles. The van der Waals surface area contributed by atoms with Crippen molar-refractivity contribution in [2.24, 2.45) is 5.84 Å². The van der Waals surface area contributed by atoms with Gasteiger partial charge in [0.1, 0.15) is 6.61 Å². The van der Waals surface area contributed by atoms with E-state index in [-0.39, 0.29) is 17.4 Å². The summed E-state index contributed by atoms with van der Waals surface area (Å²) in [5.74, 6) is 4.28. The van der Waals surface area contributed by atoms with E-state index in [9.17, 15) is 9.18 Å². The molecule has 0 unspecified atom stereocenters. The van der Waals surface area contributed by atoms with Crippen LogP contribution in [-0.2, 0) is 6.61 Å². The number of nitrogens with zero attached hydrogens (tertiary/aromatic N) is 1. The van der Waals surface area contributed by atoms with E-state index in [0.29, 0.717) is 5.69 Å². The number of benzene rings is 1. The molecule has 7 heteroatoms. The number of carbonyl (C=O) groups is 1. The van der Waals surface area contributed by atoms with Crippen LogP contribution >= 0.6 is 11.3 Å². The highest BCUT2D eigenvalue weighted by Crippen LogP contribution is 2.20. The fourth-order valence-corrected chi connectivity index (χ4v) is 2.12. The molecule has 1 amide bonds. The van der Waals surface area contributed by atoms with Crippen molar-refractivity contribution in [3.8, 4) is 5.75 Å². The molecular weight excluding hydrogens is 269 g/mol. The third-order valence-corrected chi connectivity index (χ3v) is 3.23. The lowest BCUT2D eigenvalue weighted by Gasteiger charge is -2.06. The number of rotatable bonds is 4. The standard InChI is InChI=1S/C12H12FN3O2S/c1-7-2-3-9(13)10(4-7)18-5-8-6-19-12(15-8)11(17)16-14/h2-4,6H,5,14H2,1H3,(H,16,17). The summed E-state index contributed by atoms with van der Waals surface area (Å²) in [7, 11) is 0. The van der Waals surface area contributed by atoms with E-state index in [4.69, 9.17) is 10.6 Å². The number of aromatic nitrogens is 1. The number of hydrogen-bond donors (Lipinski definition) is 2. The maximum absolute atomic E-state index is 13.4. The second-order valence-electron chi connectivity index (χ2n) is 3.84. The van der Waals surface area contributed by atoms with Gasteiger partial charge in [0, 0.05) is 5.38 Å². The minimum Gasteiger partial charge on any atom is -0.484 e. The quantitative estimate of drug-likeness (QED) is 0.508. The first-order chi connectivity index (χ1) is 9.10. The molecule has 1 aromatic heterocycles. The van der Waals surface area contributed by atoms with Gasteiger partial charge in [-0.3, -0.25) is 10.2 Å². The van der Waals surface area contributed by atoms with Gasteiger partial charge in [-0.05, 0) is 24.6 Å². The number of hydrazine groups is 1. The van der Waals surface area contributed by atoms with E-state index < -0.39 is 11.7 Å². The first-order valence-electron chi connectivity index (χ1n) is 5.44. The molecule has 100 valence electrons. The molecule has 19 heavy (non-hydrogen) atoms. The third kappa shape index (κ3) is 3.27. The van der Waals surface area contributed by atoms with Gasteiger partial charge in [-0.25, -0.2) is 15.2 Å². The molecular formula is C12H12FN3O2S. The number of nitrogen functional groups attached to an aromatic ring is 1. The minimum absolute atomic E-state index is 0.0920. The molecule has 2 aromatic rings. The molecule has 0 aliphatic carbocycles. The number of hydrogen-bond acceptors (Lipinski definition) is 5. The van der Waals surface area contributed by atoms with Crippen LogP contribution in [0.15, 0.2) is 23.6 Å². The van der Waals surface area contributed by atoms with Crippen LogP contribution in [0.4, 0.5) is 4.39 Å². The van der Waals surface area contributed by atoms with Gasteiger partial charge in [0.2, 0.25) is 0 Å². The average molecular weight is 281 g/mol. The van der Waals surface area contributed by atoms with E-state index in [2.05, 4.69) is 4.98 Å². The van der Waals surface area contributed by atoms with Gasteiger partial charge in [0.15, 0.2) is 16.6 Å². The van der Waals surface area contributed by atoms with Crippen LogP contribution in [0, 0.1) is 12.7 Å². The monoisotopic (exact) mass is 281 g/mol. The van der Waals surface area contributed by atoms with Crippen LogP contribution in [0.2, 0.25) is 0 Å². The van der Waals surface area contributed by atoms with E-state index in [1.807, 2.05) is 12.3 Å². The Balaban J connectivity index is 2.04. The number of thiazole rings is 1. The third-order valence-electron chi connectivity index (χ3n) is 2.34. The molecule has 2 rings (SSSR count). The second-order valence-corrected chi connectivity index (χ2v) is 4.70. The molecule has 0 atom stereocenters. The Kier molecular flexibility index (Phi) is 4.08.